The summed E-state index contributed by atoms with van der Waals surface area (Å²) in [6.07, 6.45) is -1.30. The molecular weight excluding hydrogens is 146 g/mol. The average Bonchev–Trinajstić information content (AvgIpc) is 2.03. The molecular formula is C7H17NO3. The second kappa shape index (κ2) is 6.54. The topological polar surface area (TPSA) is 64.7 Å². The third kappa shape index (κ3) is 4.31. The van der Waals surface area contributed by atoms with Crippen molar-refractivity contribution in [3.8, 4) is 0 Å². The fraction of sp³-hybridized carbons (Fsp3) is 1.00. The van der Waals surface area contributed by atoms with Gasteiger partial charge in [-0.1, -0.05) is 0 Å². The van der Waals surface area contributed by atoms with Crippen molar-refractivity contribution in [1.82, 2.24) is 0 Å². The van der Waals surface area contributed by atoms with Gasteiger partial charge >= 0.3 is 0 Å². The first-order valence-corrected chi connectivity index (χ1v) is 3.87. The van der Waals surface area contributed by atoms with Crippen LogP contribution in [0.5, 0.6) is 0 Å². The van der Waals surface area contributed by atoms with Gasteiger partial charge < -0.3 is 20.3 Å². The van der Waals surface area contributed by atoms with E-state index >= 15 is 0 Å². The van der Waals surface area contributed by atoms with Crippen molar-refractivity contribution in [3.05, 3.63) is 0 Å². The van der Waals surface area contributed by atoms with Crippen LogP contribution in [0.4, 0.5) is 0 Å². The monoisotopic (exact) mass is 163 g/mol. The van der Waals surface area contributed by atoms with Gasteiger partial charge in [0.15, 0.2) is 6.29 Å². The molecule has 0 heterocycles. The van der Waals surface area contributed by atoms with Crippen LogP contribution in [0, 0.1) is 0 Å². The first-order valence-electron chi connectivity index (χ1n) is 3.87. The summed E-state index contributed by atoms with van der Waals surface area (Å²) in [4.78, 5) is 0. The van der Waals surface area contributed by atoms with Gasteiger partial charge in [0.2, 0.25) is 0 Å². The summed E-state index contributed by atoms with van der Waals surface area (Å²) in [7, 11) is 0. The van der Waals surface area contributed by atoms with E-state index in [1.165, 1.54) is 0 Å². The Kier molecular flexibility index (Phi) is 6.45. The first kappa shape index (κ1) is 10.8. The summed E-state index contributed by atoms with van der Waals surface area (Å²) in [5.41, 5.74) is 5.22. The molecule has 0 bridgehead atoms. The molecule has 0 saturated carbocycles. The van der Waals surface area contributed by atoms with Crippen LogP contribution < -0.4 is 5.73 Å². The van der Waals surface area contributed by atoms with Crippen molar-refractivity contribution < 1.29 is 14.6 Å². The van der Waals surface area contributed by atoms with Gasteiger partial charge in [0, 0.05) is 19.8 Å². The Morgan fingerprint density at radius 3 is 2.00 bits per heavy atom. The molecule has 0 radical (unpaired) electrons. The Balaban J connectivity index is 3.66. The highest BCUT2D eigenvalue weighted by Crippen LogP contribution is 2.00. The zero-order valence-electron chi connectivity index (χ0n) is 7.12. The predicted molar refractivity (Wildman–Crippen MR) is 42.1 cm³/mol. The lowest BCUT2D eigenvalue weighted by Crippen LogP contribution is -2.37. The lowest BCUT2D eigenvalue weighted by Gasteiger charge is -2.20. The molecule has 0 aromatic rings. The van der Waals surface area contributed by atoms with E-state index in [1.54, 1.807) is 0 Å². The number of aliphatic hydroxyl groups excluding tert-OH is 1. The highest BCUT2D eigenvalue weighted by atomic mass is 16.7. The molecule has 0 aromatic heterocycles. The zero-order chi connectivity index (χ0) is 8.69. The molecule has 0 unspecified atom stereocenters. The number of rotatable bonds is 6. The third-order valence-electron chi connectivity index (χ3n) is 1.22. The first-order chi connectivity index (χ1) is 5.26. The minimum absolute atomic E-state index is 0.157. The normalized spacial score (nSPS) is 13.9. The lowest BCUT2D eigenvalue weighted by molar-refractivity contribution is -0.186. The maximum atomic E-state index is 9.20. The van der Waals surface area contributed by atoms with Crippen LogP contribution in [0.2, 0.25) is 0 Å². The van der Waals surface area contributed by atoms with Gasteiger partial charge in [0.25, 0.3) is 0 Å². The Hall–Kier alpha value is -0.160. The average molecular weight is 163 g/mol. The summed E-state index contributed by atoms with van der Waals surface area (Å²) >= 11 is 0. The molecule has 4 heteroatoms. The summed E-state index contributed by atoms with van der Waals surface area (Å²) in [6.45, 7) is 4.87. The van der Waals surface area contributed by atoms with Crippen LogP contribution in [0.1, 0.15) is 13.8 Å². The van der Waals surface area contributed by atoms with Gasteiger partial charge in [0.1, 0.15) is 6.10 Å². The largest absolute Gasteiger partial charge is 0.386 e. The number of aliphatic hydroxyl groups is 1. The molecule has 0 aliphatic heterocycles. The van der Waals surface area contributed by atoms with Crippen LogP contribution in [-0.2, 0) is 9.47 Å². The second-order valence-corrected chi connectivity index (χ2v) is 2.08. The molecule has 0 rings (SSSR count). The second-order valence-electron chi connectivity index (χ2n) is 2.08. The highest BCUT2D eigenvalue weighted by Gasteiger charge is 2.17. The minimum atomic E-state index is -0.727. The maximum absolute atomic E-state index is 9.20. The molecule has 0 saturated heterocycles. The van der Waals surface area contributed by atoms with E-state index in [0.717, 1.165) is 0 Å². The van der Waals surface area contributed by atoms with Gasteiger partial charge in [-0.3, -0.25) is 0 Å². The van der Waals surface area contributed by atoms with E-state index in [4.69, 9.17) is 15.2 Å². The van der Waals surface area contributed by atoms with Crippen molar-refractivity contribution in [2.75, 3.05) is 19.8 Å². The van der Waals surface area contributed by atoms with Gasteiger partial charge in [-0.05, 0) is 13.8 Å². The van der Waals surface area contributed by atoms with E-state index < -0.39 is 12.4 Å². The molecule has 0 amide bonds. The Morgan fingerprint density at radius 1 is 1.27 bits per heavy atom. The van der Waals surface area contributed by atoms with Crippen LogP contribution >= 0.6 is 0 Å². The maximum Gasteiger partial charge on any atom is 0.184 e. The Bertz CT molecular complexity index is 83.8. The zero-order valence-corrected chi connectivity index (χ0v) is 7.12. The van der Waals surface area contributed by atoms with Gasteiger partial charge in [-0.15, -0.1) is 0 Å². The standard InChI is InChI=1S/C7H17NO3/c1-3-10-7(11-4-2)6(9)5-8/h6-7,9H,3-5,8H2,1-2H3/t6-/m1/s1. The third-order valence-corrected chi connectivity index (χ3v) is 1.22. The summed E-state index contributed by atoms with van der Waals surface area (Å²) < 4.78 is 10.2. The van der Waals surface area contributed by atoms with Crippen molar-refractivity contribution >= 4 is 0 Å². The SMILES string of the molecule is CCOC(OCC)[C@H](O)CN. The molecule has 0 aromatic carbocycles. The number of hydrogen-bond acceptors (Lipinski definition) is 4. The quantitative estimate of drug-likeness (QED) is 0.528. The molecule has 1 atom stereocenters. The van der Waals surface area contributed by atoms with E-state index in [0.29, 0.717) is 13.2 Å². The fourth-order valence-electron chi connectivity index (χ4n) is 0.710. The van der Waals surface area contributed by atoms with E-state index in [1.807, 2.05) is 13.8 Å². The van der Waals surface area contributed by atoms with Crippen molar-refractivity contribution in [1.29, 1.82) is 0 Å². The van der Waals surface area contributed by atoms with Gasteiger partial charge in [-0.2, -0.15) is 0 Å². The smallest absolute Gasteiger partial charge is 0.184 e. The summed E-state index contributed by atoms with van der Waals surface area (Å²) in [5, 5.41) is 9.20. The molecule has 0 aliphatic rings. The van der Waals surface area contributed by atoms with Crippen LogP contribution in [0.25, 0.3) is 0 Å². The molecule has 0 aliphatic carbocycles. The molecule has 4 nitrogen and oxygen atoms in total. The predicted octanol–water partition coefficient (Wildman–Crippen LogP) is -0.295. The summed E-state index contributed by atoms with van der Waals surface area (Å²) in [6, 6.07) is 0. The minimum Gasteiger partial charge on any atom is -0.386 e. The van der Waals surface area contributed by atoms with Crippen molar-refractivity contribution in [2.24, 2.45) is 5.73 Å². The number of hydrogen-bond donors (Lipinski definition) is 2. The molecule has 0 spiro atoms. The van der Waals surface area contributed by atoms with E-state index in [2.05, 4.69) is 0 Å². The fourth-order valence-corrected chi connectivity index (χ4v) is 0.710. The van der Waals surface area contributed by atoms with E-state index in [-0.39, 0.29) is 6.54 Å². The number of ether oxygens (including phenoxy) is 2. The lowest BCUT2D eigenvalue weighted by atomic mass is 10.3. The molecule has 68 valence electrons. The van der Waals surface area contributed by atoms with E-state index in [9.17, 15) is 5.11 Å². The van der Waals surface area contributed by atoms with Crippen molar-refractivity contribution in [2.45, 2.75) is 26.2 Å². The molecule has 3 N–H and O–H groups in total. The Labute approximate surface area is 67.3 Å². The number of nitrogens with two attached hydrogens (primary N) is 1. The summed E-state index contributed by atoms with van der Waals surface area (Å²) in [5.74, 6) is 0. The molecule has 0 fully saturated rings. The van der Waals surface area contributed by atoms with Crippen LogP contribution in [0.3, 0.4) is 0 Å². The van der Waals surface area contributed by atoms with Gasteiger partial charge in [-0.25, -0.2) is 0 Å². The Morgan fingerprint density at radius 2 is 1.73 bits per heavy atom. The van der Waals surface area contributed by atoms with Gasteiger partial charge in [0.05, 0.1) is 0 Å². The van der Waals surface area contributed by atoms with Crippen LogP contribution in [0.15, 0.2) is 0 Å². The highest BCUT2D eigenvalue weighted by molar-refractivity contribution is 4.59. The van der Waals surface area contributed by atoms with Crippen LogP contribution in [-0.4, -0.2) is 37.3 Å². The van der Waals surface area contributed by atoms with Crippen molar-refractivity contribution in [3.63, 3.8) is 0 Å². The molecule has 11 heavy (non-hydrogen) atoms.